The predicted octanol–water partition coefficient (Wildman–Crippen LogP) is 3.79. The number of rotatable bonds is 4. The number of amides is 1. The summed E-state index contributed by atoms with van der Waals surface area (Å²) in [6.45, 7) is 6.46. The van der Waals surface area contributed by atoms with Crippen molar-refractivity contribution < 1.29 is 9.53 Å². The number of hydrogen-bond acceptors (Lipinski definition) is 7. The zero-order chi connectivity index (χ0) is 27.6. The molecule has 3 aromatic heterocycles. The van der Waals surface area contributed by atoms with E-state index >= 15 is 0 Å². The van der Waals surface area contributed by atoms with Gasteiger partial charge < -0.3 is 21.1 Å². The van der Waals surface area contributed by atoms with Crippen molar-refractivity contribution in [3.8, 4) is 17.1 Å². The number of anilines is 1. The first kappa shape index (κ1) is 26.2. The summed E-state index contributed by atoms with van der Waals surface area (Å²) in [5.41, 5.74) is 19.4. The molecule has 0 saturated carbocycles. The molecule has 2 fully saturated rings. The van der Waals surface area contributed by atoms with E-state index in [0.717, 1.165) is 85.9 Å². The molecule has 206 valence electrons. The number of fused-ring (bicyclic) bond motifs is 2. The number of aryl methyl sites for hydroxylation is 2. The van der Waals surface area contributed by atoms with E-state index in [0.29, 0.717) is 11.7 Å². The normalized spacial score (nSPS) is 17.2. The van der Waals surface area contributed by atoms with E-state index in [9.17, 15) is 4.79 Å². The quantitative estimate of drug-likeness (QED) is 0.380. The minimum Gasteiger partial charge on any atom is -0.383 e. The van der Waals surface area contributed by atoms with Crippen LogP contribution < -0.4 is 11.5 Å². The Bertz CT molecular complexity index is 1550. The average Bonchev–Trinajstić information content (AvgIpc) is 3.56. The number of nitrogen functional groups attached to an aromatic ring is 1. The second-order valence-electron chi connectivity index (χ2n) is 10.7. The van der Waals surface area contributed by atoms with Crippen LogP contribution in [0.15, 0.2) is 61.3 Å². The zero-order valence-corrected chi connectivity index (χ0v) is 22.6. The van der Waals surface area contributed by atoms with Crippen LogP contribution >= 0.6 is 0 Å². The van der Waals surface area contributed by atoms with Crippen LogP contribution in [0.3, 0.4) is 0 Å². The van der Waals surface area contributed by atoms with Crippen molar-refractivity contribution >= 4 is 22.9 Å². The minimum atomic E-state index is 0.0249. The molecule has 2 aliphatic heterocycles. The number of pyridine rings is 2. The molecule has 9 heteroatoms. The molecule has 5 heterocycles. The first-order valence-corrected chi connectivity index (χ1v) is 14.0. The SMILES string of the molecule is C=CC(=O)N1CCC(N)CC1.Nc1ncccc1-c1nc2ccc(C3COC3)nc2n1-c1ccc2c(c1)CCC2. The van der Waals surface area contributed by atoms with E-state index in [1.807, 2.05) is 12.1 Å². The van der Waals surface area contributed by atoms with Crippen molar-refractivity contribution in [2.75, 3.05) is 32.0 Å². The van der Waals surface area contributed by atoms with Gasteiger partial charge in [-0.15, -0.1) is 0 Å². The topological polar surface area (TPSA) is 125 Å². The van der Waals surface area contributed by atoms with Crippen molar-refractivity contribution in [1.29, 1.82) is 0 Å². The number of hydrogen-bond donors (Lipinski definition) is 2. The fourth-order valence-electron chi connectivity index (χ4n) is 5.58. The molecule has 0 unspecified atom stereocenters. The average molecular weight is 538 g/mol. The van der Waals surface area contributed by atoms with Crippen LogP contribution in [-0.2, 0) is 22.4 Å². The maximum Gasteiger partial charge on any atom is 0.245 e. The lowest BCUT2D eigenvalue weighted by molar-refractivity contribution is -0.126. The van der Waals surface area contributed by atoms with E-state index in [4.69, 9.17) is 26.2 Å². The summed E-state index contributed by atoms with van der Waals surface area (Å²) in [5.74, 6) is 1.63. The number of nitrogens with two attached hydrogens (primary N) is 2. The van der Waals surface area contributed by atoms with Gasteiger partial charge in [-0.3, -0.25) is 9.36 Å². The molecule has 7 rings (SSSR count). The summed E-state index contributed by atoms with van der Waals surface area (Å²) < 4.78 is 7.50. The molecular weight excluding hydrogens is 502 g/mol. The van der Waals surface area contributed by atoms with Crippen LogP contribution in [0.1, 0.15) is 42.0 Å². The highest BCUT2D eigenvalue weighted by Crippen LogP contribution is 2.33. The standard InChI is InChI=1S/C23H21N5O.C8H14N2O/c24-21-18(5-2-10-25-21)22-27-20-9-8-19(16-12-29-13-16)26-23(20)28(22)17-7-6-14-3-1-4-15(14)11-17;1-2-8(11)10-5-3-7(9)4-6-10/h2,5-11,16H,1,3-4,12-13H2,(H2,24,25);2,7H,1,3-6,9H2. The summed E-state index contributed by atoms with van der Waals surface area (Å²) in [4.78, 5) is 27.0. The molecule has 2 saturated heterocycles. The van der Waals surface area contributed by atoms with Crippen LogP contribution in [0.5, 0.6) is 0 Å². The Hall–Kier alpha value is -4.08. The van der Waals surface area contributed by atoms with Gasteiger partial charge in [0.2, 0.25) is 5.91 Å². The fraction of sp³-hybridized carbons (Fsp3) is 0.355. The molecule has 4 aromatic rings. The number of piperidine rings is 1. The van der Waals surface area contributed by atoms with E-state index in [1.54, 1.807) is 11.1 Å². The smallest absolute Gasteiger partial charge is 0.245 e. The summed E-state index contributed by atoms with van der Waals surface area (Å²) >= 11 is 0. The molecule has 0 atom stereocenters. The van der Waals surface area contributed by atoms with Gasteiger partial charge in [0.15, 0.2) is 11.5 Å². The van der Waals surface area contributed by atoms with Crippen LogP contribution in [0.2, 0.25) is 0 Å². The molecule has 4 N–H and O–H groups in total. The Kier molecular flexibility index (Phi) is 7.32. The first-order chi connectivity index (χ1) is 19.5. The first-order valence-electron chi connectivity index (χ1n) is 14.0. The lowest BCUT2D eigenvalue weighted by atomic mass is 10.0. The largest absolute Gasteiger partial charge is 0.383 e. The van der Waals surface area contributed by atoms with Gasteiger partial charge >= 0.3 is 0 Å². The fourth-order valence-corrected chi connectivity index (χ4v) is 5.58. The van der Waals surface area contributed by atoms with Crippen molar-refractivity contribution in [1.82, 2.24) is 24.4 Å². The van der Waals surface area contributed by atoms with Crippen molar-refractivity contribution in [3.05, 3.63) is 78.1 Å². The Morgan fingerprint density at radius 1 is 1.05 bits per heavy atom. The summed E-state index contributed by atoms with van der Waals surface area (Å²) in [5, 5.41) is 0. The lowest BCUT2D eigenvalue weighted by Gasteiger charge is -2.29. The van der Waals surface area contributed by atoms with Crippen LogP contribution in [0, 0.1) is 0 Å². The third-order valence-corrected chi connectivity index (χ3v) is 8.03. The number of carbonyl (C=O) groups is 1. The second kappa shape index (κ2) is 11.2. The molecule has 9 nitrogen and oxygen atoms in total. The van der Waals surface area contributed by atoms with Crippen molar-refractivity contribution in [2.45, 2.75) is 44.1 Å². The van der Waals surface area contributed by atoms with Gasteiger partial charge in [-0.25, -0.2) is 15.0 Å². The minimum absolute atomic E-state index is 0.0249. The number of imidazole rings is 1. The van der Waals surface area contributed by atoms with Gasteiger partial charge in [0.25, 0.3) is 0 Å². The van der Waals surface area contributed by atoms with Gasteiger partial charge in [-0.05, 0) is 85.7 Å². The van der Waals surface area contributed by atoms with E-state index in [1.165, 1.54) is 23.6 Å². The highest BCUT2D eigenvalue weighted by atomic mass is 16.5. The number of benzene rings is 1. The van der Waals surface area contributed by atoms with Gasteiger partial charge in [0.05, 0.1) is 24.5 Å². The molecule has 1 aliphatic carbocycles. The van der Waals surface area contributed by atoms with Gasteiger partial charge in [-0.2, -0.15) is 0 Å². The van der Waals surface area contributed by atoms with Crippen LogP contribution in [0.25, 0.3) is 28.2 Å². The van der Waals surface area contributed by atoms with Gasteiger partial charge in [-0.1, -0.05) is 12.6 Å². The van der Waals surface area contributed by atoms with E-state index in [2.05, 4.69) is 46.5 Å². The molecule has 0 radical (unpaired) electrons. The Morgan fingerprint density at radius 3 is 2.58 bits per heavy atom. The summed E-state index contributed by atoms with van der Waals surface area (Å²) in [6.07, 6.45) is 8.39. The number of nitrogens with zero attached hydrogens (tertiary/aromatic N) is 5. The van der Waals surface area contributed by atoms with Crippen LogP contribution in [0.4, 0.5) is 5.82 Å². The molecule has 3 aliphatic rings. The van der Waals surface area contributed by atoms with Crippen LogP contribution in [-0.4, -0.2) is 62.7 Å². The molecule has 0 bridgehead atoms. The molecule has 1 aromatic carbocycles. The Balaban J connectivity index is 0.000000223. The zero-order valence-electron chi connectivity index (χ0n) is 22.6. The monoisotopic (exact) mass is 537 g/mol. The maximum absolute atomic E-state index is 11.0. The summed E-state index contributed by atoms with van der Waals surface area (Å²) in [7, 11) is 0. The maximum atomic E-state index is 11.0. The van der Waals surface area contributed by atoms with Gasteiger partial charge in [0, 0.05) is 36.9 Å². The summed E-state index contributed by atoms with van der Waals surface area (Å²) in [6, 6.07) is 14.9. The highest BCUT2D eigenvalue weighted by molar-refractivity contribution is 5.87. The number of carbonyl (C=O) groups excluding carboxylic acids is 1. The molecular formula is C31H35N7O2. The highest BCUT2D eigenvalue weighted by Gasteiger charge is 2.25. The Labute approximate surface area is 233 Å². The van der Waals surface area contributed by atoms with Crippen molar-refractivity contribution in [2.24, 2.45) is 5.73 Å². The molecule has 0 spiro atoms. The molecule has 1 amide bonds. The lowest BCUT2D eigenvalue weighted by Crippen LogP contribution is -2.42. The number of ether oxygens (including phenoxy) is 1. The number of aromatic nitrogens is 4. The van der Waals surface area contributed by atoms with Crippen molar-refractivity contribution in [3.63, 3.8) is 0 Å². The predicted molar refractivity (Wildman–Crippen MR) is 156 cm³/mol. The van der Waals surface area contributed by atoms with E-state index < -0.39 is 0 Å². The Morgan fingerprint density at radius 2 is 1.85 bits per heavy atom. The van der Waals surface area contributed by atoms with E-state index in [-0.39, 0.29) is 11.9 Å². The van der Waals surface area contributed by atoms with Gasteiger partial charge in [0.1, 0.15) is 11.3 Å². The number of likely N-dealkylation sites (tertiary alicyclic amines) is 1. The molecule has 40 heavy (non-hydrogen) atoms. The second-order valence-corrected chi connectivity index (χ2v) is 10.7. The third-order valence-electron chi connectivity index (χ3n) is 8.03. The third kappa shape index (κ3) is 5.10.